The number of hydrogen-bond acceptors (Lipinski definition) is 5. The lowest BCUT2D eigenvalue weighted by atomic mass is 9.94. The van der Waals surface area contributed by atoms with Crippen molar-refractivity contribution in [2.45, 2.75) is 63.6 Å². The SMILES string of the molecule is COc1cccc(CN(C(=O)Cc2ccccc2[N+](=O)[O-])[C@H](Cc2ccccc2)C(=O)NC2CCCCC2)c1. The number of carbonyl (C=O) groups excluding carboxylic acids is 2. The van der Waals surface area contributed by atoms with Gasteiger partial charge in [0.25, 0.3) is 5.69 Å². The fraction of sp³-hybridized carbons (Fsp3) is 0.355. The Morgan fingerprint density at radius 1 is 0.974 bits per heavy atom. The second kappa shape index (κ2) is 13.6. The van der Waals surface area contributed by atoms with Gasteiger partial charge in [-0.05, 0) is 36.1 Å². The highest BCUT2D eigenvalue weighted by atomic mass is 16.6. The highest BCUT2D eigenvalue weighted by molar-refractivity contribution is 5.89. The van der Waals surface area contributed by atoms with Crippen LogP contribution >= 0.6 is 0 Å². The smallest absolute Gasteiger partial charge is 0.273 e. The summed E-state index contributed by atoms with van der Waals surface area (Å²) in [6.45, 7) is 0.159. The number of para-hydroxylation sites is 1. The van der Waals surface area contributed by atoms with Gasteiger partial charge in [-0.25, -0.2) is 0 Å². The van der Waals surface area contributed by atoms with E-state index in [1.807, 2.05) is 54.6 Å². The van der Waals surface area contributed by atoms with Crippen molar-refractivity contribution in [1.29, 1.82) is 0 Å². The molecule has 1 fully saturated rings. The average molecular weight is 530 g/mol. The van der Waals surface area contributed by atoms with Crippen LogP contribution in [0.4, 0.5) is 5.69 Å². The Morgan fingerprint density at radius 2 is 1.67 bits per heavy atom. The molecule has 0 aliphatic heterocycles. The molecule has 0 bridgehead atoms. The first-order valence-corrected chi connectivity index (χ1v) is 13.4. The molecule has 1 aliphatic carbocycles. The number of nitrogens with zero attached hydrogens (tertiary/aromatic N) is 2. The normalized spacial score (nSPS) is 14.3. The van der Waals surface area contributed by atoms with Gasteiger partial charge in [0.2, 0.25) is 11.8 Å². The van der Waals surface area contributed by atoms with Crippen LogP contribution in [0.25, 0.3) is 0 Å². The Kier molecular flexibility index (Phi) is 9.67. The summed E-state index contributed by atoms with van der Waals surface area (Å²) < 4.78 is 5.38. The highest BCUT2D eigenvalue weighted by Crippen LogP contribution is 2.24. The van der Waals surface area contributed by atoms with Crippen molar-refractivity contribution in [2.24, 2.45) is 0 Å². The molecule has 0 aromatic heterocycles. The van der Waals surface area contributed by atoms with Crippen molar-refractivity contribution in [3.05, 3.63) is 106 Å². The topological polar surface area (TPSA) is 102 Å². The Morgan fingerprint density at radius 3 is 2.38 bits per heavy atom. The quantitative estimate of drug-likeness (QED) is 0.271. The summed E-state index contributed by atoms with van der Waals surface area (Å²) in [4.78, 5) is 40.6. The summed E-state index contributed by atoms with van der Waals surface area (Å²) in [6.07, 6.45) is 5.27. The molecule has 1 atom stereocenters. The predicted octanol–water partition coefficient (Wildman–Crippen LogP) is 5.23. The number of amides is 2. The Hall–Kier alpha value is -4.20. The number of benzene rings is 3. The zero-order valence-electron chi connectivity index (χ0n) is 22.3. The van der Waals surface area contributed by atoms with E-state index in [0.29, 0.717) is 17.7 Å². The molecule has 39 heavy (non-hydrogen) atoms. The van der Waals surface area contributed by atoms with Crippen molar-refractivity contribution < 1.29 is 19.2 Å². The first kappa shape index (κ1) is 27.8. The number of ether oxygens (including phenoxy) is 1. The van der Waals surface area contributed by atoms with E-state index < -0.39 is 11.0 Å². The van der Waals surface area contributed by atoms with Crippen molar-refractivity contribution in [3.8, 4) is 5.75 Å². The van der Waals surface area contributed by atoms with Crippen LogP contribution < -0.4 is 10.1 Å². The van der Waals surface area contributed by atoms with Crippen LogP contribution in [0.1, 0.15) is 48.8 Å². The number of nitrogens with one attached hydrogen (secondary N) is 1. The first-order chi connectivity index (χ1) is 18.9. The number of hydrogen-bond donors (Lipinski definition) is 1. The molecule has 204 valence electrons. The maximum atomic E-state index is 14.0. The zero-order valence-corrected chi connectivity index (χ0v) is 22.3. The third-order valence-electron chi connectivity index (χ3n) is 7.24. The molecule has 0 spiro atoms. The third kappa shape index (κ3) is 7.66. The maximum absolute atomic E-state index is 14.0. The summed E-state index contributed by atoms with van der Waals surface area (Å²) in [5.74, 6) is 0.0845. The van der Waals surface area contributed by atoms with Gasteiger partial charge in [-0.2, -0.15) is 0 Å². The van der Waals surface area contributed by atoms with E-state index in [2.05, 4.69) is 5.32 Å². The molecule has 4 rings (SSSR count). The largest absolute Gasteiger partial charge is 0.497 e. The lowest BCUT2D eigenvalue weighted by Gasteiger charge is -2.33. The molecule has 1 aliphatic rings. The summed E-state index contributed by atoms with van der Waals surface area (Å²) in [7, 11) is 1.58. The van der Waals surface area contributed by atoms with Gasteiger partial charge in [-0.3, -0.25) is 19.7 Å². The lowest BCUT2D eigenvalue weighted by molar-refractivity contribution is -0.385. The number of methoxy groups -OCH3 is 1. The Labute approximate surface area is 229 Å². The zero-order chi connectivity index (χ0) is 27.6. The van der Waals surface area contributed by atoms with Crippen LogP contribution in [0.15, 0.2) is 78.9 Å². The van der Waals surface area contributed by atoms with Crippen molar-refractivity contribution in [2.75, 3.05) is 7.11 Å². The summed E-state index contributed by atoms with van der Waals surface area (Å²) in [5.41, 5.74) is 1.93. The summed E-state index contributed by atoms with van der Waals surface area (Å²) in [5, 5.41) is 14.9. The van der Waals surface area contributed by atoms with Crippen LogP contribution in [0.5, 0.6) is 5.75 Å². The van der Waals surface area contributed by atoms with Crippen LogP contribution in [0, 0.1) is 10.1 Å². The molecule has 1 N–H and O–H groups in total. The van der Waals surface area contributed by atoms with E-state index in [1.54, 1.807) is 30.2 Å². The van der Waals surface area contributed by atoms with Crippen LogP contribution in [0.3, 0.4) is 0 Å². The first-order valence-electron chi connectivity index (χ1n) is 13.4. The second-order valence-electron chi connectivity index (χ2n) is 9.98. The average Bonchev–Trinajstić information content (AvgIpc) is 2.96. The van der Waals surface area contributed by atoms with Gasteiger partial charge >= 0.3 is 0 Å². The highest BCUT2D eigenvalue weighted by Gasteiger charge is 2.32. The summed E-state index contributed by atoms with van der Waals surface area (Å²) >= 11 is 0. The fourth-order valence-corrected chi connectivity index (χ4v) is 5.17. The monoisotopic (exact) mass is 529 g/mol. The number of nitro groups is 1. The molecule has 1 saturated carbocycles. The molecule has 8 heteroatoms. The van der Waals surface area contributed by atoms with E-state index in [-0.39, 0.29) is 36.5 Å². The molecule has 2 amide bonds. The van der Waals surface area contributed by atoms with Gasteiger partial charge in [0, 0.05) is 30.6 Å². The summed E-state index contributed by atoms with van der Waals surface area (Å²) in [6, 6.07) is 22.5. The van der Waals surface area contributed by atoms with Gasteiger partial charge in [0.15, 0.2) is 0 Å². The molecule has 8 nitrogen and oxygen atoms in total. The Bertz CT molecular complexity index is 1270. The van der Waals surface area contributed by atoms with Crippen molar-refractivity contribution in [3.63, 3.8) is 0 Å². The van der Waals surface area contributed by atoms with Crippen LogP contribution in [-0.4, -0.2) is 40.8 Å². The maximum Gasteiger partial charge on any atom is 0.273 e. The van der Waals surface area contributed by atoms with E-state index in [9.17, 15) is 19.7 Å². The van der Waals surface area contributed by atoms with E-state index in [0.717, 1.165) is 43.2 Å². The van der Waals surface area contributed by atoms with Gasteiger partial charge < -0.3 is 15.0 Å². The molecule has 0 saturated heterocycles. The Balaban J connectivity index is 1.70. The number of carbonyl (C=O) groups is 2. The van der Waals surface area contributed by atoms with E-state index in [1.165, 1.54) is 6.07 Å². The minimum atomic E-state index is -0.796. The van der Waals surface area contributed by atoms with Gasteiger partial charge in [0.1, 0.15) is 11.8 Å². The standard InChI is InChI=1S/C31H35N3O5/c1-39-27-17-10-13-24(19-27)22-33(30(35)21-25-14-8-9-18-28(25)34(37)38)29(20-23-11-4-2-5-12-23)31(36)32-26-15-6-3-7-16-26/h2,4-5,8-14,17-19,26,29H,3,6-7,15-16,20-22H2,1H3,(H,32,36)/t29-/m1/s1. The minimum absolute atomic E-state index is 0.0773. The minimum Gasteiger partial charge on any atom is -0.497 e. The molecule has 0 radical (unpaired) electrons. The van der Waals surface area contributed by atoms with Gasteiger partial charge in [0.05, 0.1) is 18.5 Å². The second-order valence-corrected chi connectivity index (χ2v) is 9.98. The number of nitro benzene ring substituents is 1. The molecule has 0 heterocycles. The van der Waals surface area contributed by atoms with Gasteiger partial charge in [-0.1, -0.05) is 79.9 Å². The van der Waals surface area contributed by atoms with Crippen LogP contribution in [0.2, 0.25) is 0 Å². The molecular weight excluding hydrogens is 494 g/mol. The number of rotatable bonds is 11. The molecule has 3 aromatic rings. The molecule has 0 unspecified atom stereocenters. The third-order valence-corrected chi connectivity index (χ3v) is 7.24. The van der Waals surface area contributed by atoms with E-state index in [4.69, 9.17) is 4.74 Å². The molecule has 3 aromatic carbocycles. The van der Waals surface area contributed by atoms with E-state index >= 15 is 0 Å². The van der Waals surface area contributed by atoms with Crippen molar-refractivity contribution in [1.82, 2.24) is 10.2 Å². The predicted molar refractivity (Wildman–Crippen MR) is 149 cm³/mol. The lowest BCUT2D eigenvalue weighted by Crippen LogP contribution is -2.53. The van der Waals surface area contributed by atoms with Crippen molar-refractivity contribution >= 4 is 17.5 Å². The van der Waals surface area contributed by atoms with Crippen LogP contribution in [-0.2, 0) is 29.0 Å². The van der Waals surface area contributed by atoms with Gasteiger partial charge in [-0.15, -0.1) is 0 Å². The molecular formula is C31H35N3O5. The fourth-order valence-electron chi connectivity index (χ4n) is 5.17.